The highest BCUT2D eigenvalue weighted by atomic mass is 35.5. The van der Waals surface area contributed by atoms with Gasteiger partial charge in [-0.05, 0) is 50.5 Å². The molecule has 0 aromatic heterocycles. The van der Waals surface area contributed by atoms with E-state index in [1.165, 1.54) is 0 Å². The Morgan fingerprint density at radius 3 is 2.63 bits per heavy atom. The van der Waals surface area contributed by atoms with Crippen molar-refractivity contribution in [3.8, 4) is 0 Å². The summed E-state index contributed by atoms with van der Waals surface area (Å²) in [5, 5.41) is 4.12. The van der Waals surface area contributed by atoms with Gasteiger partial charge in [0.15, 0.2) is 0 Å². The topological polar surface area (TPSA) is 61.9 Å². The maximum Gasteiger partial charge on any atom is 0.409 e. The van der Waals surface area contributed by atoms with E-state index in [-0.39, 0.29) is 24.2 Å². The molecule has 1 N–H and O–H groups in total. The number of fused-ring (bicyclic) bond motifs is 1. The molecule has 1 fully saturated rings. The molecule has 158 valence electrons. The van der Waals surface area contributed by atoms with E-state index < -0.39 is 0 Å². The fraction of sp³-hybridized carbons (Fsp3) is 0.391. The van der Waals surface area contributed by atoms with Crippen LogP contribution in [0.1, 0.15) is 47.4 Å². The van der Waals surface area contributed by atoms with Crippen molar-refractivity contribution in [3.63, 3.8) is 0 Å². The fourth-order valence-corrected chi connectivity index (χ4v) is 4.58. The number of nitrogens with zero attached hydrogens (tertiary/aromatic N) is 2. The van der Waals surface area contributed by atoms with Crippen LogP contribution in [-0.2, 0) is 4.74 Å². The molecule has 0 aliphatic carbocycles. The molecular formula is C23H26ClN3O3. The lowest BCUT2D eigenvalue weighted by Gasteiger charge is -2.39. The first-order chi connectivity index (χ1) is 14.5. The average Bonchev–Trinajstić information content (AvgIpc) is 3.02. The van der Waals surface area contributed by atoms with E-state index in [2.05, 4.69) is 5.32 Å². The Morgan fingerprint density at radius 1 is 1.20 bits per heavy atom. The van der Waals surface area contributed by atoms with Crippen LogP contribution in [0.15, 0.2) is 42.5 Å². The molecule has 2 aromatic carbocycles. The quantitative estimate of drug-likeness (QED) is 0.758. The van der Waals surface area contributed by atoms with Crippen LogP contribution in [0.2, 0.25) is 5.02 Å². The van der Waals surface area contributed by atoms with Crippen LogP contribution in [0.25, 0.3) is 0 Å². The van der Waals surface area contributed by atoms with Crippen LogP contribution in [0, 0.1) is 6.92 Å². The van der Waals surface area contributed by atoms with Gasteiger partial charge in [-0.1, -0.05) is 35.9 Å². The van der Waals surface area contributed by atoms with Crippen LogP contribution in [-0.4, -0.2) is 47.5 Å². The first-order valence-corrected chi connectivity index (χ1v) is 10.7. The van der Waals surface area contributed by atoms with Crippen LogP contribution >= 0.6 is 11.6 Å². The minimum Gasteiger partial charge on any atom is -0.450 e. The normalized spacial score (nSPS) is 19.0. The van der Waals surface area contributed by atoms with E-state index in [1.807, 2.05) is 54.3 Å². The highest BCUT2D eigenvalue weighted by Crippen LogP contribution is 2.39. The lowest BCUT2D eigenvalue weighted by atomic mass is 10.0. The summed E-state index contributed by atoms with van der Waals surface area (Å²) >= 11 is 6.46. The van der Waals surface area contributed by atoms with Crippen molar-refractivity contribution in [2.45, 2.75) is 38.9 Å². The lowest BCUT2D eigenvalue weighted by molar-refractivity contribution is 0.0496. The Hall–Kier alpha value is -2.73. The van der Waals surface area contributed by atoms with Gasteiger partial charge >= 0.3 is 6.09 Å². The predicted molar refractivity (Wildman–Crippen MR) is 117 cm³/mol. The third kappa shape index (κ3) is 3.84. The number of rotatable bonds is 4. The van der Waals surface area contributed by atoms with Crippen LogP contribution < -0.4 is 5.32 Å². The maximum atomic E-state index is 13.3. The molecule has 30 heavy (non-hydrogen) atoms. The molecule has 0 saturated carbocycles. The number of hydrogen-bond acceptors (Lipinski definition) is 4. The molecular weight excluding hydrogens is 402 g/mol. The maximum absolute atomic E-state index is 13.3. The second kappa shape index (κ2) is 8.56. The van der Waals surface area contributed by atoms with Crippen molar-refractivity contribution in [1.82, 2.24) is 9.80 Å². The molecule has 2 aliphatic heterocycles. The first kappa shape index (κ1) is 20.5. The molecule has 0 bridgehead atoms. The van der Waals surface area contributed by atoms with Gasteiger partial charge in [-0.3, -0.25) is 4.79 Å². The number of piperidine rings is 1. The average molecular weight is 428 g/mol. The number of amides is 2. The minimum atomic E-state index is -0.298. The molecule has 2 amide bonds. The second-order valence-electron chi connectivity index (χ2n) is 7.75. The van der Waals surface area contributed by atoms with Gasteiger partial charge in [0.05, 0.1) is 17.3 Å². The Kier molecular flexibility index (Phi) is 5.86. The molecule has 7 heteroatoms. The standard InChI is InChI=1S/C23H26ClN3O3/c1-3-30-23(29)26-12-10-16(11-13-26)27-21(17-6-4-5-7-18(17)22(27)28)25-20-9-8-15(2)14-19(20)24/h4-9,14,16,21,25H,3,10-13H2,1-2H3/t21-/m1/s1. The van der Waals surface area contributed by atoms with E-state index in [1.54, 1.807) is 11.8 Å². The van der Waals surface area contributed by atoms with Crippen molar-refractivity contribution in [3.05, 3.63) is 64.2 Å². The summed E-state index contributed by atoms with van der Waals surface area (Å²) < 4.78 is 5.12. The van der Waals surface area contributed by atoms with E-state index in [0.29, 0.717) is 43.1 Å². The van der Waals surface area contributed by atoms with Crippen LogP contribution in [0.4, 0.5) is 10.5 Å². The van der Waals surface area contributed by atoms with Gasteiger partial charge in [-0.15, -0.1) is 0 Å². The van der Waals surface area contributed by atoms with Gasteiger partial charge in [-0.25, -0.2) is 4.79 Å². The summed E-state index contributed by atoms with van der Waals surface area (Å²) in [5.41, 5.74) is 3.54. The Bertz CT molecular complexity index is 956. The zero-order chi connectivity index (χ0) is 21.3. The Morgan fingerprint density at radius 2 is 1.93 bits per heavy atom. The predicted octanol–water partition coefficient (Wildman–Crippen LogP) is 4.84. The number of anilines is 1. The summed E-state index contributed by atoms with van der Waals surface area (Å²) in [4.78, 5) is 29.0. The summed E-state index contributed by atoms with van der Waals surface area (Å²) in [5.74, 6) is 0.0147. The van der Waals surface area contributed by atoms with Crippen molar-refractivity contribution in [1.29, 1.82) is 0 Å². The number of nitrogens with one attached hydrogen (secondary N) is 1. The fourth-order valence-electron chi connectivity index (χ4n) is 4.29. The summed E-state index contributed by atoms with van der Waals surface area (Å²) in [6, 6.07) is 13.6. The molecule has 0 radical (unpaired) electrons. The van der Waals surface area contributed by atoms with Gasteiger partial charge in [-0.2, -0.15) is 0 Å². The molecule has 1 saturated heterocycles. The molecule has 6 nitrogen and oxygen atoms in total. The number of hydrogen-bond donors (Lipinski definition) is 1. The van der Waals surface area contributed by atoms with Crippen LogP contribution in [0.5, 0.6) is 0 Å². The van der Waals surface area contributed by atoms with Gasteiger partial charge in [0.25, 0.3) is 5.91 Å². The van der Waals surface area contributed by atoms with E-state index in [4.69, 9.17) is 16.3 Å². The molecule has 2 heterocycles. The summed E-state index contributed by atoms with van der Waals surface area (Å²) in [7, 11) is 0. The molecule has 0 unspecified atom stereocenters. The summed E-state index contributed by atoms with van der Waals surface area (Å²) in [6.45, 7) is 5.30. The Labute approximate surface area is 181 Å². The molecule has 2 aromatic rings. The molecule has 4 rings (SSSR count). The smallest absolute Gasteiger partial charge is 0.409 e. The first-order valence-electron chi connectivity index (χ1n) is 10.4. The van der Waals surface area contributed by atoms with Crippen molar-refractivity contribution in [2.75, 3.05) is 25.0 Å². The Balaban J connectivity index is 1.58. The highest BCUT2D eigenvalue weighted by Gasteiger charge is 2.42. The molecule has 2 aliphatic rings. The molecule has 0 spiro atoms. The van der Waals surface area contributed by atoms with Gasteiger partial charge < -0.3 is 19.9 Å². The molecule has 1 atom stereocenters. The van der Waals surface area contributed by atoms with Gasteiger partial charge in [0.2, 0.25) is 0 Å². The largest absolute Gasteiger partial charge is 0.450 e. The van der Waals surface area contributed by atoms with E-state index in [9.17, 15) is 9.59 Å². The zero-order valence-corrected chi connectivity index (χ0v) is 18.0. The number of benzene rings is 2. The zero-order valence-electron chi connectivity index (χ0n) is 17.2. The van der Waals surface area contributed by atoms with Crippen LogP contribution in [0.3, 0.4) is 0 Å². The number of carbonyl (C=O) groups is 2. The summed E-state index contributed by atoms with van der Waals surface area (Å²) in [6.07, 6.45) is 0.831. The second-order valence-corrected chi connectivity index (χ2v) is 8.15. The van der Waals surface area contributed by atoms with Gasteiger partial charge in [0, 0.05) is 30.3 Å². The number of halogens is 1. The highest BCUT2D eigenvalue weighted by molar-refractivity contribution is 6.33. The van der Waals surface area contributed by atoms with Crippen molar-refractivity contribution in [2.24, 2.45) is 0 Å². The van der Waals surface area contributed by atoms with E-state index in [0.717, 1.165) is 16.8 Å². The van der Waals surface area contributed by atoms with Crippen molar-refractivity contribution >= 4 is 29.3 Å². The number of likely N-dealkylation sites (tertiary alicyclic amines) is 1. The SMILES string of the molecule is CCOC(=O)N1CCC(N2C(=O)c3ccccc3[C@@H]2Nc2ccc(C)cc2Cl)CC1. The van der Waals surface area contributed by atoms with E-state index >= 15 is 0 Å². The number of carbonyl (C=O) groups excluding carboxylic acids is 2. The lowest BCUT2D eigenvalue weighted by Crippen LogP contribution is -2.49. The third-order valence-corrected chi connectivity index (χ3v) is 6.11. The minimum absolute atomic E-state index is 0.0147. The van der Waals surface area contributed by atoms with Gasteiger partial charge in [0.1, 0.15) is 6.17 Å². The van der Waals surface area contributed by atoms with Crippen molar-refractivity contribution < 1.29 is 14.3 Å². The number of ether oxygens (including phenoxy) is 1. The number of aryl methyl sites for hydroxylation is 1. The third-order valence-electron chi connectivity index (χ3n) is 5.80. The monoisotopic (exact) mass is 427 g/mol.